The fraction of sp³-hybridized carbons (Fsp3) is 0.318. The molecule has 162 valence electrons. The van der Waals surface area contributed by atoms with Gasteiger partial charge >= 0.3 is 6.03 Å². The molecule has 0 unspecified atom stereocenters. The number of aryl methyl sites for hydroxylation is 1. The minimum atomic E-state index is -1.30. The zero-order valence-corrected chi connectivity index (χ0v) is 17.3. The summed E-state index contributed by atoms with van der Waals surface area (Å²) < 4.78 is 42.6. The molecule has 4 rings (SSSR count). The number of rotatable bonds is 4. The third kappa shape index (κ3) is 4.26. The monoisotopic (exact) mass is 429 g/mol. The lowest BCUT2D eigenvalue weighted by molar-refractivity contribution is 0.0534. The largest absolute Gasteiger partial charge is 0.373 e. The van der Waals surface area contributed by atoms with Crippen LogP contribution in [0.5, 0.6) is 0 Å². The van der Waals surface area contributed by atoms with Crippen molar-refractivity contribution in [3.05, 3.63) is 47.8 Å². The molecule has 31 heavy (non-hydrogen) atoms. The van der Waals surface area contributed by atoms with Gasteiger partial charge in [-0.15, -0.1) is 0 Å². The number of fused-ring (bicyclic) bond motifs is 1. The normalized spacial score (nSPS) is 20.3. The van der Waals surface area contributed by atoms with Crippen LogP contribution in [0.15, 0.2) is 30.5 Å². The average molecular weight is 429 g/mol. The van der Waals surface area contributed by atoms with Crippen LogP contribution in [0.3, 0.4) is 0 Å². The summed E-state index contributed by atoms with van der Waals surface area (Å²) >= 11 is 0. The van der Waals surface area contributed by atoms with Crippen LogP contribution in [-0.4, -0.2) is 34.8 Å². The van der Waals surface area contributed by atoms with Gasteiger partial charge in [-0.2, -0.15) is 0 Å². The first-order valence-corrected chi connectivity index (χ1v) is 9.86. The Hall–Kier alpha value is -3.36. The van der Waals surface area contributed by atoms with E-state index < -0.39 is 23.3 Å². The molecule has 3 aromatic rings. The van der Waals surface area contributed by atoms with Gasteiger partial charge < -0.3 is 16.0 Å². The first kappa shape index (κ1) is 20.9. The highest BCUT2D eigenvalue weighted by molar-refractivity contribution is 5.91. The number of carbonyl (C=O) groups excluding carboxylic acids is 1. The molecular formula is C22H22F3N5O. The van der Waals surface area contributed by atoms with E-state index in [9.17, 15) is 18.0 Å². The fourth-order valence-corrected chi connectivity index (χ4v) is 3.84. The third-order valence-corrected chi connectivity index (χ3v) is 5.42. The van der Waals surface area contributed by atoms with Crippen molar-refractivity contribution in [1.29, 1.82) is 0 Å². The van der Waals surface area contributed by atoms with E-state index in [0.29, 0.717) is 28.0 Å². The highest BCUT2D eigenvalue weighted by atomic mass is 19.1. The number of amides is 2. The third-order valence-electron chi connectivity index (χ3n) is 5.42. The van der Waals surface area contributed by atoms with Crippen LogP contribution in [0.4, 0.5) is 29.5 Å². The second-order valence-electron chi connectivity index (χ2n) is 8.06. The van der Waals surface area contributed by atoms with Crippen molar-refractivity contribution >= 4 is 28.4 Å². The number of alkyl halides is 1. The highest BCUT2D eigenvalue weighted by Crippen LogP contribution is 2.36. The number of hydrogen-bond donors (Lipinski definition) is 3. The van der Waals surface area contributed by atoms with Gasteiger partial charge in [0, 0.05) is 66.5 Å². The van der Waals surface area contributed by atoms with Crippen molar-refractivity contribution in [3.8, 4) is 11.1 Å². The number of hydrogen-bond acceptors (Lipinski definition) is 4. The SMILES string of the molecule is CNc1cc2nc(C)c(-c3cc(NC(=O)N[C@H]4C[C@](C)(F)C4)c(F)cc3F)cc2cn1. The maximum atomic E-state index is 14.6. The molecule has 1 fully saturated rings. The van der Waals surface area contributed by atoms with Gasteiger partial charge in [0.1, 0.15) is 23.1 Å². The van der Waals surface area contributed by atoms with E-state index in [2.05, 4.69) is 25.9 Å². The van der Waals surface area contributed by atoms with Gasteiger partial charge in [0.25, 0.3) is 0 Å². The molecule has 0 aliphatic heterocycles. The van der Waals surface area contributed by atoms with E-state index in [1.807, 2.05) is 0 Å². The summed E-state index contributed by atoms with van der Waals surface area (Å²) in [5, 5.41) is 8.60. The van der Waals surface area contributed by atoms with Gasteiger partial charge in [0.05, 0.1) is 11.2 Å². The van der Waals surface area contributed by atoms with E-state index >= 15 is 0 Å². The summed E-state index contributed by atoms with van der Waals surface area (Å²) in [5.74, 6) is -1.04. The van der Waals surface area contributed by atoms with Crippen LogP contribution in [0.1, 0.15) is 25.5 Å². The van der Waals surface area contributed by atoms with E-state index in [4.69, 9.17) is 0 Å². The molecule has 6 nitrogen and oxygen atoms in total. The zero-order valence-electron chi connectivity index (χ0n) is 17.3. The summed E-state index contributed by atoms with van der Waals surface area (Å²) in [5.41, 5.74) is 0.301. The first-order valence-electron chi connectivity index (χ1n) is 9.86. The molecule has 2 amide bonds. The molecule has 1 saturated carbocycles. The molecule has 1 aliphatic carbocycles. The maximum Gasteiger partial charge on any atom is 0.319 e. The topological polar surface area (TPSA) is 78.9 Å². The van der Waals surface area contributed by atoms with Crippen LogP contribution in [0, 0.1) is 18.6 Å². The number of benzene rings is 1. The lowest BCUT2D eigenvalue weighted by Gasteiger charge is -2.38. The Bertz CT molecular complexity index is 1170. The van der Waals surface area contributed by atoms with E-state index in [-0.39, 0.29) is 30.1 Å². The standard InChI is InChI=1S/C22H22F3N5O/c1-11-14(4-12-10-27-20(26-3)7-18(12)28-11)15-5-19(17(24)6-16(15)23)30-21(31)29-13-8-22(2,25)9-13/h4-7,10,13H,8-9H2,1-3H3,(H,26,27)(H2,29,30,31)/t13-,22-. The van der Waals surface area contributed by atoms with Crippen LogP contribution in [0.2, 0.25) is 0 Å². The number of nitrogens with zero attached hydrogens (tertiary/aromatic N) is 2. The first-order chi connectivity index (χ1) is 14.6. The number of halogens is 3. The van der Waals surface area contributed by atoms with Crippen LogP contribution >= 0.6 is 0 Å². The quantitative estimate of drug-likeness (QED) is 0.549. The van der Waals surface area contributed by atoms with Crippen molar-refractivity contribution in [1.82, 2.24) is 15.3 Å². The summed E-state index contributed by atoms with van der Waals surface area (Å²) in [4.78, 5) is 20.9. The molecule has 0 radical (unpaired) electrons. The van der Waals surface area contributed by atoms with Crippen LogP contribution in [0.25, 0.3) is 22.0 Å². The molecular weight excluding hydrogens is 407 g/mol. The Morgan fingerprint density at radius 3 is 2.55 bits per heavy atom. The molecule has 2 aromatic heterocycles. The lowest BCUT2D eigenvalue weighted by atomic mass is 9.79. The Kier molecular flexibility index (Phi) is 5.20. The number of carbonyl (C=O) groups is 1. The minimum absolute atomic E-state index is 0.0984. The Labute approximate surface area is 177 Å². The lowest BCUT2D eigenvalue weighted by Crippen LogP contribution is -2.52. The Morgan fingerprint density at radius 2 is 1.87 bits per heavy atom. The van der Waals surface area contributed by atoms with Crippen molar-refractivity contribution in [2.24, 2.45) is 0 Å². The number of aromatic nitrogens is 2. The summed E-state index contributed by atoms with van der Waals surface area (Å²) in [6.45, 7) is 3.19. The number of nitrogens with one attached hydrogen (secondary N) is 3. The fourth-order valence-electron chi connectivity index (χ4n) is 3.84. The number of pyridine rings is 2. The molecule has 0 atom stereocenters. The van der Waals surface area contributed by atoms with E-state index in [1.165, 1.54) is 13.0 Å². The van der Waals surface area contributed by atoms with Crippen molar-refractivity contribution in [3.63, 3.8) is 0 Å². The summed E-state index contributed by atoms with van der Waals surface area (Å²) in [6, 6.07) is 4.46. The van der Waals surface area contributed by atoms with Crippen molar-refractivity contribution < 1.29 is 18.0 Å². The molecule has 3 N–H and O–H groups in total. The number of anilines is 2. The average Bonchev–Trinajstić information content (AvgIpc) is 2.68. The second-order valence-corrected chi connectivity index (χ2v) is 8.06. The maximum absolute atomic E-state index is 14.6. The van der Waals surface area contributed by atoms with Crippen LogP contribution < -0.4 is 16.0 Å². The van der Waals surface area contributed by atoms with Gasteiger partial charge in [0.2, 0.25) is 0 Å². The number of urea groups is 1. The Morgan fingerprint density at radius 1 is 1.13 bits per heavy atom. The molecule has 0 saturated heterocycles. The van der Waals surface area contributed by atoms with Gasteiger partial charge in [-0.3, -0.25) is 4.98 Å². The summed E-state index contributed by atoms with van der Waals surface area (Å²) in [7, 11) is 1.75. The van der Waals surface area contributed by atoms with Crippen molar-refractivity contribution in [2.75, 3.05) is 17.7 Å². The molecule has 2 heterocycles. The van der Waals surface area contributed by atoms with Crippen LogP contribution in [-0.2, 0) is 0 Å². The molecule has 0 bridgehead atoms. The molecule has 9 heteroatoms. The highest BCUT2D eigenvalue weighted by Gasteiger charge is 2.41. The van der Waals surface area contributed by atoms with Crippen molar-refractivity contribution in [2.45, 2.75) is 38.4 Å². The Balaban J connectivity index is 1.63. The predicted molar refractivity (Wildman–Crippen MR) is 114 cm³/mol. The van der Waals surface area contributed by atoms with Gasteiger partial charge in [-0.1, -0.05) is 0 Å². The van der Waals surface area contributed by atoms with Gasteiger partial charge in [0.15, 0.2) is 0 Å². The second kappa shape index (κ2) is 7.72. The molecule has 0 spiro atoms. The smallest absolute Gasteiger partial charge is 0.319 e. The van der Waals surface area contributed by atoms with E-state index in [1.54, 1.807) is 32.3 Å². The zero-order chi connectivity index (χ0) is 22.3. The van der Waals surface area contributed by atoms with E-state index in [0.717, 1.165) is 6.07 Å². The molecule has 1 aliphatic rings. The minimum Gasteiger partial charge on any atom is -0.373 e. The molecule has 1 aromatic carbocycles. The predicted octanol–water partition coefficient (Wildman–Crippen LogP) is 4.94. The van der Waals surface area contributed by atoms with Gasteiger partial charge in [-0.25, -0.2) is 22.9 Å². The summed E-state index contributed by atoms with van der Waals surface area (Å²) in [6.07, 6.45) is 2.01. The van der Waals surface area contributed by atoms with Gasteiger partial charge in [-0.05, 0) is 26.0 Å².